The summed E-state index contributed by atoms with van der Waals surface area (Å²) in [7, 11) is 1.87. The van der Waals surface area contributed by atoms with Crippen molar-refractivity contribution in [2.24, 2.45) is 7.05 Å². The molecule has 0 saturated carbocycles. The van der Waals surface area contributed by atoms with Crippen molar-refractivity contribution >= 4 is 5.91 Å². The summed E-state index contributed by atoms with van der Waals surface area (Å²) in [5.41, 5.74) is 0.936. The largest absolute Gasteiger partial charge is 0.379 e. The lowest BCUT2D eigenvalue weighted by Crippen LogP contribution is -2.58. The molecule has 134 valence electrons. The summed E-state index contributed by atoms with van der Waals surface area (Å²) >= 11 is 0. The summed E-state index contributed by atoms with van der Waals surface area (Å²) in [5.74, 6) is -0.159. The number of nitrogens with zero attached hydrogens (tertiary/aromatic N) is 3. The van der Waals surface area contributed by atoms with Crippen molar-refractivity contribution in [3.05, 3.63) is 53.9 Å². The van der Waals surface area contributed by atoms with Gasteiger partial charge in [-0.3, -0.25) is 9.48 Å². The number of aromatic nitrogens is 2. The van der Waals surface area contributed by atoms with Gasteiger partial charge >= 0.3 is 0 Å². The smallest absolute Gasteiger partial charge is 0.255 e. The van der Waals surface area contributed by atoms with E-state index in [2.05, 4.69) is 22.5 Å². The van der Waals surface area contributed by atoms with E-state index in [1.165, 1.54) is 5.56 Å². The van der Waals surface area contributed by atoms with Crippen LogP contribution in [-0.4, -0.2) is 50.9 Å². The minimum atomic E-state index is -1.31. The van der Waals surface area contributed by atoms with Crippen LogP contribution in [0.15, 0.2) is 42.7 Å². The van der Waals surface area contributed by atoms with Crippen LogP contribution >= 0.6 is 0 Å². The van der Waals surface area contributed by atoms with Gasteiger partial charge in [0.25, 0.3) is 5.91 Å². The Balaban J connectivity index is 1.52. The number of hydrogen-bond donors (Lipinski definition) is 2. The first-order valence-corrected chi connectivity index (χ1v) is 8.81. The van der Waals surface area contributed by atoms with Gasteiger partial charge in [0.05, 0.1) is 6.20 Å². The van der Waals surface area contributed by atoms with Gasteiger partial charge in [-0.25, -0.2) is 0 Å². The van der Waals surface area contributed by atoms with E-state index < -0.39 is 5.60 Å². The van der Waals surface area contributed by atoms with Crippen molar-refractivity contribution in [1.82, 2.24) is 20.0 Å². The molecule has 1 fully saturated rings. The predicted molar refractivity (Wildman–Crippen MR) is 95.8 cm³/mol. The van der Waals surface area contributed by atoms with Gasteiger partial charge < -0.3 is 15.3 Å². The molecule has 25 heavy (non-hydrogen) atoms. The Labute approximate surface area is 148 Å². The number of aryl methyl sites for hydroxylation is 1. The SMILES string of the molecule is Cn1cc(CNC[C@@]2(O)CCCN(CCc3ccccc3)C2=O)cn1. The van der Waals surface area contributed by atoms with Crippen molar-refractivity contribution in [3.63, 3.8) is 0 Å². The summed E-state index contributed by atoms with van der Waals surface area (Å²) in [4.78, 5) is 14.5. The summed E-state index contributed by atoms with van der Waals surface area (Å²) in [6, 6.07) is 10.1. The molecule has 2 aromatic rings. The zero-order chi connectivity index (χ0) is 17.7. The van der Waals surface area contributed by atoms with Crippen LogP contribution in [0, 0.1) is 0 Å². The lowest BCUT2D eigenvalue weighted by atomic mass is 9.91. The molecular formula is C19H26N4O2. The monoisotopic (exact) mass is 342 g/mol. The number of hydrogen-bond acceptors (Lipinski definition) is 4. The number of aliphatic hydroxyl groups is 1. The average Bonchev–Trinajstić information content (AvgIpc) is 3.03. The van der Waals surface area contributed by atoms with E-state index in [0.717, 1.165) is 24.9 Å². The van der Waals surface area contributed by atoms with Gasteiger partial charge in [-0.2, -0.15) is 5.10 Å². The second-order valence-corrected chi connectivity index (χ2v) is 6.79. The van der Waals surface area contributed by atoms with Crippen molar-refractivity contribution in [1.29, 1.82) is 0 Å². The van der Waals surface area contributed by atoms with Crippen LogP contribution in [0.3, 0.4) is 0 Å². The minimum absolute atomic E-state index is 0.159. The van der Waals surface area contributed by atoms with E-state index in [4.69, 9.17) is 0 Å². The summed E-state index contributed by atoms with van der Waals surface area (Å²) in [6.45, 7) is 2.22. The van der Waals surface area contributed by atoms with Gasteiger partial charge in [-0.05, 0) is 24.8 Å². The third-order valence-corrected chi connectivity index (χ3v) is 4.72. The number of carbonyl (C=O) groups excluding carboxylic acids is 1. The topological polar surface area (TPSA) is 70.4 Å². The molecule has 2 N–H and O–H groups in total. The van der Waals surface area contributed by atoms with Gasteiger partial charge in [0.15, 0.2) is 5.60 Å². The molecule has 1 amide bonds. The van der Waals surface area contributed by atoms with Crippen LogP contribution < -0.4 is 5.32 Å². The first kappa shape index (κ1) is 17.6. The minimum Gasteiger partial charge on any atom is -0.379 e. The zero-order valence-electron chi connectivity index (χ0n) is 14.7. The van der Waals surface area contributed by atoms with Crippen molar-refractivity contribution in [2.45, 2.75) is 31.4 Å². The van der Waals surface area contributed by atoms with Crippen molar-refractivity contribution in [3.8, 4) is 0 Å². The van der Waals surface area contributed by atoms with Crippen molar-refractivity contribution in [2.75, 3.05) is 19.6 Å². The predicted octanol–water partition coefficient (Wildman–Crippen LogP) is 1.11. The highest BCUT2D eigenvalue weighted by atomic mass is 16.3. The van der Waals surface area contributed by atoms with E-state index >= 15 is 0 Å². The van der Waals surface area contributed by atoms with E-state index in [-0.39, 0.29) is 12.5 Å². The molecule has 0 spiro atoms. The first-order valence-electron chi connectivity index (χ1n) is 8.81. The number of piperidine rings is 1. The quantitative estimate of drug-likeness (QED) is 0.791. The van der Waals surface area contributed by atoms with Crippen LogP contribution in [0.4, 0.5) is 0 Å². The molecule has 0 unspecified atom stereocenters. The molecule has 1 aliphatic rings. The second kappa shape index (κ2) is 7.80. The second-order valence-electron chi connectivity index (χ2n) is 6.79. The number of rotatable bonds is 7. The number of benzene rings is 1. The van der Waals surface area contributed by atoms with Crippen LogP contribution in [-0.2, 0) is 24.8 Å². The molecule has 6 heteroatoms. The van der Waals surface area contributed by atoms with Crippen molar-refractivity contribution < 1.29 is 9.90 Å². The summed E-state index contributed by atoms with van der Waals surface area (Å²) < 4.78 is 1.74. The van der Waals surface area contributed by atoms with Crippen LogP contribution in [0.1, 0.15) is 24.0 Å². The van der Waals surface area contributed by atoms with Gasteiger partial charge in [-0.1, -0.05) is 30.3 Å². The Morgan fingerprint density at radius 3 is 2.80 bits per heavy atom. The Kier molecular flexibility index (Phi) is 5.50. The van der Waals surface area contributed by atoms with Crippen LogP contribution in [0.25, 0.3) is 0 Å². The van der Waals surface area contributed by atoms with Crippen LogP contribution in [0.2, 0.25) is 0 Å². The first-order chi connectivity index (χ1) is 12.1. The molecule has 2 heterocycles. The third kappa shape index (κ3) is 4.46. The maximum Gasteiger partial charge on any atom is 0.255 e. The Morgan fingerprint density at radius 2 is 2.08 bits per heavy atom. The highest BCUT2D eigenvalue weighted by Crippen LogP contribution is 2.22. The number of likely N-dealkylation sites (tertiary alicyclic amines) is 1. The van der Waals surface area contributed by atoms with Gasteiger partial charge in [0.2, 0.25) is 0 Å². The molecule has 1 aromatic carbocycles. The van der Waals surface area contributed by atoms with E-state index in [1.807, 2.05) is 31.4 Å². The Morgan fingerprint density at radius 1 is 1.28 bits per heavy atom. The summed E-state index contributed by atoms with van der Waals surface area (Å²) in [6.07, 6.45) is 5.85. The maximum absolute atomic E-state index is 12.7. The Hall–Kier alpha value is -2.18. The molecule has 0 radical (unpaired) electrons. The molecule has 0 bridgehead atoms. The molecule has 1 aromatic heterocycles. The molecule has 6 nitrogen and oxygen atoms in total. The third-order valence-electron chi connectivity index (χ3n) is 4.72. The highest BCUT2D eigenvalue weighted by molar-refractivity contribution is 5.86. The molecule has 1 aliphatic heterocycles. The standard InChI is InChI=1S/C19H26N4O2/c1-22-14-17(13-21-22)12-20-15-19(25)9-5-10-23(18(19)24)11-8-16-6-3-2-4-7-16/h2-4,6-7,13-14,20,25H,5,8-12,15H2,1H3/t19-/m0/s1. The molecule has 1 atom stereocenters. The van der Waals surface area contributed by atoms with E-state index in [1.54, 1.807) is 15.8 Å². The molecule has 3 rings (SSSR count). The normalized spacial score (nSPS) is 20.9. The summed E-state index contributed by atoms with van der Waals surface area (Å²) in [5, 5.41) is 18.1. The lowest BCUT2D eigenvalue weighted by molar-refractivity contribution is -0.156. The van der Waals surface area contributed by atoms with E-state index in [0.29, 0.717) is 19.5 Å². The molecule has 0 aliphatic carbocycles. The van der Waals surface area contributed by atoms with E-state index in [9.17, 15) is 9.90 Å². The number of amides is 1. The fourth-order valence-corrected chi connectivity index (χ4v) is 3.33. The number of carbonyl (C=O) groups is 1. The Bertz CT molecular complexity index is 700. The van der Waals surface area contributed by atoms with Gasteiger partial charge in [0.1, 0.15) is 0 Å². The number of nitrogens with one attached hydrogen (secondary N) is 1. The van der Waals surface area contributed by atoms with Gasteiger partial charge in [0, 0.05) is 45.0 Å². The van der Waals surface area contributed by atoms with Gasteiger partial charge in [-0.15, -0.1) is 0 Å². The fraction of sp³-hybridized carbons (Fsp3) is 0.474. The van der Waals surface area contributed by atoms with Crippen LogP contribution in [0.5, 0.6) is 0 Å². The zero-order valence-corrected chi connectivity index (χ0v) is 14.7. The molecular weight excluding hydrogens is 316 g/mol. The fourth-order valence-electron chi connectivity index (χ4n) is 3.33. The average molecular weight is 342 g/mol. The maximum atomic E-state index is 12.7. The molecule has 1 saturated heterocycles. The lowest BCUT2D eigenvalue weighted by Gasteiger charge is -2.38. The highest BCUT2D eigenvalue weighted by Gasteiger charge is 2.41.